The van der Waals surface area contributed by atoms with Crippen molar-refractivity contribution in [3.8, 4) is 11.5 Å². The Labute approximate surface area is 180 Å². The van der Waals surface area contributed by atoms with Crippen LogP contribution in [0.15, 0.2) is 72.9 Å². The van der Waals surface area contributed by atoms with E-state index in [1.165, 1.54) is 0 Å². The van der Waals surface area contributed by atoms with E-state index in [4.69, 9.17) is 18.9 Å². The van der Waals surface area contributed by atoms with E-state index >= 15 is 0 Å². The number of hydrogen-bond donors (Lipinski definition) is 1. The van der Waals surface area contributed by atoms with Gasteiger partial charge in [-0.2, -0.15) is 0 Å². The molecule has 1 aromatic heterocycles. The van der Waals surface area contributed by atoms with Crippen LogP contribution in [0, 0.1) is 0 Å². The minimum absolute atomic E-state index is 0.216. The molecule has 1 amide bonds. The molecule has 2 atom stereocenters. The molecule has 2 aromatic carbocycles. The third-order valence-corrected chi connectivity index (χ3v) is 4.88. The zero-order chi connectivity index (χ0) is 21.5. The summed E-state index contributed by atoms with van der Waals surface area (Å²) in [4.78, 5) is 16.3. The molecular weight excluding hydrogens is 396 g/mol. The first kappa shape index (κ1) is 20.7. The molecular formula is C24H24N2O5. The van der Waals surface area contributed by atoms with Gasteiger partial charge in [-0.3, -0.25) is 4.98 Å². The van der Waals surface area contributed by atoms with E-state index in [9.17, 15) is 4.79 Å². The van der Waals surface area contributed by atoms with Gasteiger partial charge in [-0.1, -0.05) is 42.5 Å². The molecule has 31 heavy (non-hydrogen) atoms. The lowest BCUT2D eigenvalue weighted by atomic mass is 10.2. The highest BCUT2D eigenvalue weighted by Gasteiger charge is 2.19. The van der Waals surface area contributed by atoms with Crippen molar-refractivity contribution < 1.29 is 23.7 Å². The second kappa shape index (κ2) is 9.95. The number of aromatic nitrogens is 1. The van der Waals surface area contributed by atoms with E-state index in [-0.39, 0.29) is 18.8 Å². The maximum Gasteiger partial charge on any atom is 0.408 e. The maximum atomic E-state index is 12.0. The van der Waals surface area contributed by atoms with Crippen molar-refractivity contribution in [2.75, 3.05) is 20.3 Å². The van der Waals surface area contributed by atoms with E-state index in [2.05, 4.69) is 10.3 Å². The van der Waals surface area contributed by atoms with Crippen LogP contribution in [0.2, 0.25) is 0 Å². The molecule has 3 aromatic rings. The fourth-order valence-electron chi connectivity index (χ4n) is 3.23. The van der Waals surface area contributed by atoms with E-state index in [1.54, 1.807) is 13.3 Å². The molecule has 160 valence electrons. The Hall–Kier alpha value is -3.58. The number of amides is 1. The SMILES string of the molecule is COc1ccc2nccc(OC[C@@H]3C=C[C@@H](NC(=O)OCc4ccccc4)CO3)c2c1. The smallest absolute Gasteiger partial charge is 0.408 e. The van der Waals surface area contributed by atoms with Gasteiger partial charge in [0.05, 0.1) is 25.3 Å². The number of carbonyl (C=O) groups excluding carboxylic acids is 1. The molecule has 0 aliphatic carbocycles. The summed E-state index contributed by atoms with van der Waals surface area (Å²) in [5.74, 6) is 1.46. The summed E-state index contributed by atoms with van der Waals surface area (Å²) in [5, 5.41) is 3.66. The third kappa shape index (κ3) is 5.52. The average molecular weight is 420 g/mol. The summed E-state index contributed by atoms with van der Waals surface area (Å²) < 4.78 is 22.3. The quantitative estimate of drug-likeness (QED) is 0.585. The Morgan fingerprint density at radius 1 is 1.16 bits per heavy atom. The molecule has 0 unspecified atom stereocenters. The minimum Gasteiger partial charge on any atom is -0.497 e. The van der Waals surface area contributed by atoms with E-state index in [1.807, 2.05) is 66.7 Å². The van der Waals surface area contributed by atoms with E-state index in [0.29, 0.717) is 19.0 Å². The van der Waals surface area contributed by atoms with Gasteiger partial charge in [-0.25, -0.2) is 4.79 Å². The number of alkyl carbamates (subject to hydrolysis) is 1. The molecule has 1 aliphatic heterocycles. The normalized spacial score (nSPS) is 17.8. The number of rotatable bonds is 7. The summed E-state index contributed by atoms with van der Waals surface area (Å²) in [7, 11) is 1.63. The first-order chi connectivity index (χ1) is 15.2. The molecule has 2 heterocycles. The van der Waals surface area contributed by atoms with Gasteiger partial charge in [0.15, 0.2) is 0 Å². The van der Waals surface area contributed by atoms with Crippen LogP contribution in [0.4, 0.5) is 4.79 Å². The number of fused-ring (bicyclic) bond motifs is 1. The van der Waals surface area contributed by atoms with Crippen LogP contribution in [0.3, 0.4) is 0 Å². The molecule has 0 saturated carbocycles. The molecule has 0 fully saturated rings. The number of benzene rings is 2. The predicted molar refractivity (Wildman–Crippen MR) is 116 cm³/mol. The van der Waals surface area contributed by atoms with Crippen LogP contribution in [0.5, 0.6) is 11.5 Å². The lowest BCUT2D eigenvalue weighted by molar-refractivity contribution is 0.0334. The molecule has 0 radical (unpaired) electrons. The largest absolute Gasteiger partial charge is 0.497 e. The van der Waals surface area contributed by atoms with Crippen molar-refractivity contribution in [3.05, 3.63) is 78.5 Å². The minimum atomic E-state index is -0.478. The lowest BCUT2D eigenvalue weighted by Gasteiger charge is -2.24. The van der Waals surface area contributed by atoms with Crippen molar-refractivity contribution in [1.29, 1.82) is 0 Å². The standard InChI is InChI=1S/C24H24N2O5/c1-28-19-9-10-22-21(13-19)23(11-12-25-22)30-16-20-8-7-18(15-29-20)26-24(27)31-14-17-5-3-2-4-6-17/h2-13,18,20H,14-16H2,1H3,(H,26,27)/t18-,20+/m1/s1. The summed E-state index contributed by atoms with van der Waals surface area (Å²) in [6.07, 6.45) is 4.80. The summed E-state index contributed by atoms with van der Waals surface area (Å²) >= 11 is 0. The van der Waals surface area contributed by atoms with Crippen LogP contribution in [-0.2, 0) is 16.1 Å². The Morgan fingerprint density at radius 2 is 2.03 bits per heavy atom. The molecule has 7 heteroatoms. The zero-order valence-corrected chi connectivity index (χ0v) is 17.2. The highest BCUT2D eigenvalue weighted by Crippen LogP contribution is 2.28. The van der Waals surface area contributed by atoms with Gasteiger partial charge in [0.25, 0.3) is 0 Å². The fraction of sp³-hybridized carbons (Fsp3) is 0.250. The Bertz CT molecular complexity index is 1050. The van der Waals surface area contributed by atoms with Crippen LogP contribution >= 0.6 is 0 Å². The molecule has 1 N–H and O–H groups in total. The highest BCUT2D eigenvalue weighted by molar-refractivity contribution is 5.86. The van der Waals surface area contributed by atoms with Gasteiger partial charge in [-0.15, -0.1) is 0 Å². The van der Waals surface area contributed by atoms with Crippen molar-refractivity contribution in [1.82, 2.24) is 10.3 Å². The van der Waals surface area contributed by atoms with Crippen LogP contribution in [0.25, 0.3) is 10.9 Å². The van der Waals surface area contributed by atoms with Crippen molar-refractivity contribution in [2.45, 2.75) is 18.8 Å². The maximum absolute atomic E-state index is 12.0. The number of hydrogen-bond acceptors (Lipinski definition) is 6. The molecule has 0 spiro atoms. The first-order valence-electron chi connectivity index (χ1n) is 10.0. The van der Waals surface area contributed by atoms with Crippen molar-refractivity contribution in [2.24, 2.45) is 0 Å². The van der Waals surface area contributed by atoms with E-state index < -0.39 is 6.09 Å². The Kier molecular flexibility index (Phi) is 6.64. The van der Waals surface area contributed by atoms with Crippen LogP contribution in [-0.4, -0.2) is 43.5 Å². The van der Waals surface area contributed by atoms with Gasteiger partial charge in [0.2, 0.25) is 0 Å². The third-order valence-electron chi connectivity index (χ3n) is 4.88. The second-order valence-corrected chi connectivity index (χ2v) is 7.07. The van der Waals surface area contributed by atoms with Gasteiger partial charge >= 0.3 is 6.09 Å². The number of carbonyl (C=O) groups is 1. The summed E-state index contributed by atoms with van der Waals surface area (Å²) in [6.45, 7) is 0.916. The number of ether oxygens (including phenoxy) is 4. The summed E-state index contributed by atoms with van der Waals surface area (Å²) in [6, 6.07) is 16.8. The zero-order valence-electron chi connectivity index (χ0n) is 17.2. The number of pyridine rings is 1. The predicted octanol–water partition coefficient (Wildman–Crippen LogP) is 3.87. The highest BCUT2D eigenvalue weighted by atomic mass is 16.6. The van der Waals surface area contributed by atoms with Gasteiger partial charge in [-0.05, 0) is 29.8 Å². The second-order valence-electron chi connectivity index (χ2n) is 7.07. The topological polar surface area (TPSA) is 78.9 Å². The lowest BCUT2D eigenvalue weighted by Crippen LogP contribution is -2.41. The number of nitrogens with zero attached hydrogens (tertiary/aromatic N) is 1. The van der Waals surface area contributed by atoms with Crippen LogP contribution < -0.4 is 14.8 Å². The summed E-state index contributed by atoms with van der Waals surface area (Å²) in [5.41, 5.74) is 1.77. The Morgan fingerprint density at radius 3 is 2.81 bits per heavy atom. The molecule has 1 aliphatic rings. The fourth-order valence-corrected chi connectivity index (χ4v) is 3.23. The number of nitrogens with one attached hydrogen (secondary N) is 1. The first-order valence-corrected chi connectivity index (χ1v) is 10.0. The van der Waals surface area contributed by atoms with Gasteiger partial charge < -0.3 is 24.3 Å². The molecule has 4 rings (SSSR count). The number of methoxy groups -OCH3 is 1. The molecule has 7 nitrogen and oxygen atoms in total. The van der Waals surface area contributed by atoms with Crippen LogP contribution in [0.1, 0.15) is 5.56 Å². The van der Waals surface area contributed by atoms with Crippen molar-refractivity contribution in [3.63, 3.8) is 0 Å². The van der Waals surface area contributed by atoms with Gasteiger partial charge in [0, 0.05) is 11.6 Å². The van der Waals surface area contributed by atoms with Gasteiger partial charge in [0.1, 0.15) is 30.8 Å². The van der Waals surface area contributed by atoms with Crippen molar-refractivity contribution >= 4 is 17.0 Å². The molecule has 0 saturated heterocycles. The monoisotopic (exact) mass is 420 g/mol. The average Bonchev–Trinajstić information content (AvgIpc) is 2.82. The van der Waals surface area contributed by atoms with E-state index in [0.717, 1.165) is 22.2 Å². The Balaban J connectivity index is 1.27. The molecule has 0 bridgehead atoms.